The zero-order valence-electron chi connectivity index (χ0n) is 8.85. The van der Waals surface area contributed by atoms with E-state index in [9.17, 15) is 5.11 Å². The summed E-state index contributed by atoms with van der Waals surface area (Å²) in [5.41, 5.74) is -0.722. The molecule has 1 atom stereocenters. The second-order valence-corrected chi connectivity index (χ2v) is 3.71. The van der Waals surface area contributed by atoms with Crippen molar-refractivity contribution in [1.29, 1.82) is 0 Å². The van der Waals surface area contributed by atoms with Crippen LogP contribution >= 0.6 is 0 Å². The Morgan fingerprint density at radius 3 is 1.67 bits per heavy atom. The smallest absolute Gasteiger partial charge is 0.0729 e. The molecular weight excluding hydrogens is 148 g/mol. The molecule has 72 valence electrons. The summed E-state index contributed by atoms with van der Waals surface area (Å²) in [5.74, 6) is 0. The van der Waals surface area contributed by atoms with E-state index >= 15 is 0 Å². The molecule has 0 saturated heterocycles. The molecule has 1 N–H and O–H groups in total. The fraction of sp³-hybridized carbons (Fsp3) is 0.818. The Labute approximate surface area is 76.5 Å². The summed E-state index contributed by atoms with van der Waals surface area (Å²) in [4.78, 5) is 0. The summed E-state index contributed by atoms with van der Waals surface area (Å²) >= 11 is 0. The fourth-order valence-electron chi connectivity index (χ4n) is 1.72. The van der Waals surface area contributed by atoms with Gasteiger partial charge in [-0.1, -0.05) is 33.8 Å². The van der Waals surface area contributed by atoms with E-state index in [2.05, 4.69) is 20.4 Å². The van der Waals surface area contributed by atoms with Crippen molar-refractivity contribution >= 4 is 0 Å². The van der Waals surface area contributed by atoms with Gasteiger partial charge in [0.2, 0.25) is 0 Å². The zero-order valence-corrected chi connectivity index (χ0v) is 8.85. The average Bonchev–Trinajstić information content (AvgIpc) is 2.15. The van der Waals surface area contributed by atoms with E-state index in [0.717, 1.165) is 19.3 Å². The van der Waals surface area contributed by atoms with Crippen LogP contribution in [0, 0.1) is 5.41 Å². The first-order valence-corrected chi connectivity index (χ1v) is 4.85. The second kappa shape index (κ2) is 4.08. The Balaban J connectivity index is 4.78. The number of hydrogen-bond acceptors (Lipinski definition) is 1. The van der Waals surface area contributed by atoms with Crippen LogP contribution in [0.1, 0.15) is 47.0 Å². The van der Waals surface area contributed by atoms with E-state index in [1.165, 1.54) is 0 Å². The maximum Gasteiger partial charge on any atom is 0.0729 e. The average molecular weight is 170 g/mol. The van der Waals surface area contributed by atoms with Crippen LogP contribution in [0.15, 0.2) is 12.7 Å². The monoisotopic (exact) mass is 170 g/mol. The van der Waals surface area contributed by atoms with Crippen molar-refractivity contribution in [2.75, 3.05) is 0 Å². The van der Waals surface area contributed by atoms with Crippen LogP contribution in [-0.2, 0) is 0 Å². The molecule has 0 fully saturated rings. The topological polar surface area (TPSA) is 20.2 Å². The van der Waals surface area contributed by atoms with E-state index in [4.69, 9.17) is 0 Å². The Bertz CT molecular complexity index is 147. The lowest BCUT2D eigenvalue weighted by Crippen LogP contribution is -2.43. The summed E-state index contributed by atoms with van der Waals surface area (Å²) in [5, 5.41) is 10.3. The molecule has 0 aromatic rings. The lowest BCUT2D eigenvalue weighted by atomic mass is 9.69. The van der Waals surface area contributed by atoms with Gasteiger partial charge in [-0.15, -0.1) is 6.58 Å². The standard InChI is InChI=1S/C11H22O/c1-6-10(5,7-2)11(12,8-3)9-4/h6,12H,1,7-9H2,2-5H3. The summed E-state index contributed by atoms with van der Waals surface area (Å²) in [6.07, 6.45) is 4.41. The molecule has 0 saturated carbocycles. The zero-order chi connectivity index (χ0) is 9.83. The van der Waals surface area contributed by atoms with E-state index in [-0.39, 0.29) is 5.41 Å². The lowest BCUT2D eigenvalue weighted by Gasteiger charge is -2.42. The molecule has 0 aliphatic carbocycles. The second-order valence-electron chi connectivity index (χ2n) is 3.71. The lowest BCUT2D eigenvalue weighted by molar-refractivity contribution is -0.0591. The van der Waals surface area contributed by atoms with E-state index in [1.54, 1.807) is 0 Å². The van der Waals surface area contributed by atoms with Gasteiger partial charge in [0.1, 0.15) is 0 Å². The predicted molar refractivity (Wildman–Crippen MR) is 54.1 cm³/mol. The highest BCUT2D eigenvalue weighted by atomic mass is 16.3. The van der Waals surface area contributed by atoms with Crippen molar-refractivity contribution in [2.24, 2.45) is 5.41 Å². The molecule has 1 unspecified atom stereocenters. The van der Waals surface area contributed by atoms with Gasteiger partial charge in [0.25, 0.3) is 0 Å². The highest BCUT2D eigenvalue weighted by molar-refractivity contribution is 5.04. The molecule has 0 amide bonds. The Morgan fingerprint density at radius 2 is 1.58 bits per heavy atom. The molecule has 0 aliphatic heterocycles. The largest absolute Gasteiger partial charge is 0.389 e. The van der Waals surface area contributed by atoms with Gasteiger partial charge in [-0.2, -0.15) is 0 Å². The molecule has 0 spiro atoms. The van der Waals surface area contributed by atoms with Gasteiger partial charge in [-0.3, -0.25) is 0 Å². The number of hydrogen-bond donors (Lipinski definition) is 1. The minimum atomic E-state index is -0.580. The summed E-state index contributed by atoms with van der Waals surface area (Å²) < 4.78 is 0. The van der Waals surface area contributed by atoms with Gasteiger partial charge in [0, 0.05) is 5.41 Å². The maximum absolute atomic E-state index is 10.3. The Kier molecular flexibility index (Phi) is 3.98. The van der Waals surface area contributed by atoms with Crippen LogP contribution in [0.3, 0.4) is 0 Å². The summed E-state index contributed by atoms with van der Waals surface area (Å²) in [6.45, 7) is 12.0. The van der Waals surface area contributed by atoms with Crippen molar-refractivity contribution in [1.82, 2.24) is 0 Å². The minimum absolute atomic E-state index is 0.142. The Hall–Kier alpha value is -0.300. The van der Waals surface area contributed by atoms with Crippen LogP contribution in [0.4, 0.5) is 0 Å². The maximum atomic E-state index is 10.3. The molecule has 0 aromatic carbocycles. The molecule has 0 aromatic heterocycles. The summed E-state index contributed by atoms with van der Waals surface area (Å²) in [6, 6.07) is 0. The van der Waals surface area contributed by atoms with E-state index in [0.29, 0.717) is 0 Å². The Morgan fingerprint density at radius 1 is 1.17 bits per heavy atom. The molecule has 0 radical (unpaired) electrons. The van der Waals surface area contributed by atoms with Gasteiger partial charge in [-0.05, 0) is 19.3 Å². The third-order valence-corrected chi connectivity index (χ3v) is 3.42. The molecule has 12 heavy (non-hydrogen) atoms. The first-order chi connectivity index (χ1) is 5.49. The fourth-order valence-corrected chi connectivity index (χ4v) is 1.72. The molecule has 0 rings (SSSR count). The molecule has 0 heterocycles. The highest BCUT2D eigenvalue weighted by Gasteiger charge is 2.40. The first-order valence-electron chi connectivity index (χ1n) is 4.85. The molecule has 0 aliphatic rings. The van der Waals surface area contributed by atoms with Gasteiger partial charge in [0.05, 0.1) is 5.60 Å². The molecule has 1 heteroatoms. The molecule has 1 nitrogen and oxygen atoms in total. The number of aliphatic hydroxyl groups is 1. The van der Waals surface area contributed by atoms with Gasteiger partial charge in [0.15, 0.2) is 0 Å². The molecular formula is C11H22O. The van der Waals surface area contributed by atoms with E-state index in [1.807, 2.05) is 19.9 Å². The third-order valence-electron chi connectivity index (χ3n) is 3.42. The van der Waals surface area contributed by atoms with Gasteiger partial charge in [-0.25, -0.2) is 0 Å². The van der Waals surface area contributed by atoms with Crippen molar-refractivity contribution in [3.8, 4) is 0 Å². The van der Waals surface area contributed by atoms with Crippen LogP contribution in [-0.4, -0.2) is 10.7 Å². The third kappa shape index (κ3) is 1.71. The van der Waals surface area contributed by atoms with Crippen LogP contribution in [0.5, 0.6) is 0 Å². The van der Waals surface area contributed by atoms with Crippen LogP contribution < -0.4 is 0 Å². The minimum Gasteiger partial charge on any atom is -0.389 e. The van der Waals surface area contributed by atoms with Crippen LogP contribution in [0.25, 0.3) is 0 Å². The van der Waals surface area contributed by atoms with Crippen molar-refractivity contribution in [3.63, 3.8) is 0 Å². The van der Waals surface area contributed by atoms with Crippen molar-refractivity contribution in [2.45, 2.75) is 52.6 Å². The van der Waals surface area contributed by atoms with E-state index < -0.39 is 5.60 Å². The highest BCUT2D eigenvalue weighted by Crippen LogP contribution is 2.40. The first kappa shape index (κ1) is 11.7. The van der Waals surface area contributed by atoms with Gasteiger partial charge >= 0.3 is 0 Å². The SMILES string of the molecule is C=CC(C)(CC)C(O)(CC)CC. The van der Waals surface area contributed by atoms with Crippen molar-refractivity contribution in [3.05, 3.63) is 12.7 Å². The quantitative estimate of drug-likeness (QED) is 0.628. The number of rotatable bonds is 5. The summed E-state index contributed by atoms with van der Waals surface area (Å²) in [7, 11) is 0. The predicted octanol–water partition coefficient (Wildman–Crippen LogP) is 3.14. The normalized spacial score (nSPS) is 17.1. The van der Waals surface area contributed by atoms with Crippen LogP contribution in [0.2, 0.25) is 0 Å². The van der Waals surface area contributed by atoms with Crippen molar-refractivity contribution < 1.29 is 5.11 Å². The molecule has 0 bridgehead atoms. The van der Waals surface area contributed by atoms with Gasteiger partial charge < -0.3 is 5.11 Å².